The second-order valence-corrected chi connectivity index (χ2v) is 12.9. The molecule has 0 saturated carbocycles. The monoisotopic (exact) mass is 620 g/mol. The Balaban J connectivity index is 1.41. The van der Waals surface area contributed by atoms with Gasteiger partial charge in [-0.05, 0) is 78.0 Å². The normalized spacial score (nSPS) is 16.9. The Labute approximate surface area is 251 Å². The van der Waals surface area contributed by atoms with E-state index in [1.54, 1.807) is 13.0 Å². The van der Waals surface area contributed by atoms with Crippen LogP contribution in [0.5, 0.6) is 5.75 Å². The van der Waals surface area contributed by atoms with Crippen LogP contribution in [0.3, 0.4) is 0 Å². The number of benzene rings is 3. The van der Waals surface area contributed by atoms with Crippen LogP contribution in [0.2, 0.25) is 10.0 Å². The average Bonchev–Trinajstić information content (AvgIpc) is 2.93. The van der Waals surface area contributed by atoms with Crippen LogP contribution in [0.15, 0.2) is 83.1 Å². The third-order valence-corrected chi connectivity index (χ3v) is 8.63. The Kier molecular flexibility index (Phi) is 10.7. The van der Waals surface area contributed by atoms with E-state index in [1.165, 1.54) is 23.6 Å². The molecule has 10 heteroatoms. The van der Waals surface area contributed by atoms with Gasteiger partial charge in [0.2, 0.25) is 0 Å². The molecule has 2 unspecified atom stereocenters. The quantitative estimate of drug-likeness (QED) is 0.239. The Morgan fingerprint density at radius 3 is 2.58 bits per heavy atom. The lowest BCUT2D eigenvalue weighted by Gasteiger charge is -2.35. The first-order valence-corrected chi connectivity index (χ1v) is 16.0. The fraction of sp³-hybridized carbons (Fsp3) is 0.300. The van der Waals surface area contributed by atoms with E-state index in [2.05, 4.69) is 9.62 Å². The zero-order valence-corrected chi connectivity index (χ0v) is 25.4. The lowest BCUT2D eigenvalue weighted by molar-refractivity contribution is -0.135. The van der Waals surface area contributed by atoms with Crippen molar-refractivity contribution in [3.8, 4) is 16.9 Å². The summed E-state index contributed by atoms with van der Waals surface area (Å²) < 4.78 is 34.9. The number of piperidine rings is 1. The van der Waals surface area contributed by atoms with E-state index in [0.29, 0.717) is 35.5 Å². The first-order chi connectivity index (χ1) is 19.1. The lowest BCUT2D eigenvalue weighted by Crippen LogP contribution is -2.51. The highest BCUT2D eigenvalue weighted by Gasteiger charge is 2.42. The zero-order chi connectivity index (χ0) is 28.7. The third kappa shape index (κ3) is 8.57. The summed E-state index contributed by atoms with van der Waals surface area (Å²) in [6, 6.07) is 20.7. The third-order valence-electron chi connectivity index (χ3n) is 6.45. The van der Waals surface area contributed by atoms with Crippen molar-refractivity contribution in [2.75, 3.05) is 19.3 Å². The van der Waals surface area contributed by atoms with Gasteiger partial charge >= 0.3 is 0 Å². The largest absolute Gasteiger partial charge is 0.489 e. The van der Waals surface area contributed by atoms with E-state index in [0.717, 1.165) is 21.6 Å². The zero-order valence-electron chi connectivity index (χ0n) is 22.2. The van der Waals surface area contributed by atoms with E-state index < -0.39 is 28.4 Å². The minimum absolute atomic E-state index is 0.0811. The molecule has 0 aromatic heterocycles. The molecule has 1 saturated heterocycles. The maximum Gasteiger partial charge on any atom is 0.258 e. The minimum atomic E-state index is -1.94. The Morgan fingerprint density at radius 1 is 1.12 bits per heavy atom. The maximum absolute atomic E-state index is 15.5. The Hall–Kier alpha value is -2.36. The first-order valence-electron chi connectivity index (χ1n) is 12.8. The van der Waals surface area contributed by atoms with Crippen LogP contribution in [0.25, 0.3) is 11.1 Å². The molecule has 3 aromatic carbocycles. The molecule has 3 aromatic rings. The maximum atomic E-state index is 15.5. The molecular formula is C30H31Cl2FN2O3S2. The molecule has 1 amide bonds. The number of ether oxygens (including phenoxy) is 1. The SMILES string of the molecule is CC(/C=C\S(C)=O)NC(=O)C1(F)CCN(Sc2ccc(Cl)cc2-c2cccc(OCc3cccc(Cl)c3)c2)CC1. The molecule has 2 atom stereocenters. The predicted octanol–water partition coefficient (Wildman–Crippen LogP) is 7.45. The standard InChI is InChI=1S/C30H31Cl2FN2O3S2/c1-21(11-16-40(2)37)34-29(36)30(33)12-14-35(15-13-30)39-28-10-9-25(32)19-27(28)23-6-4-8-26(18-23)38-20-22-5-3-7-24(31)17-22/h3-11,16-19,21H,12-15,20H2,1-2H3,(H,34,36)/b16-11-. The van der Waals surface area contributed by atoms with Crippen molar-refractivity contribution in [3.63, 3.8) is 0 Å². The van der Waals surface area contributed by atoms with E-state index >= 15 is 4.39 Å². The van der Waals surface area contributed by atoms with Crippen molar-refractivity contribution in [3.05, 3.63) is 93.8 Å². The molecule has 0 spiro atoms. The van der Waals surface area contributed by atoms with Crippen LogP contribution in [-0.4, -0.2) is 45.5 Å². The summed E-state index contributed by atoms with van der Waals surface area (Å²) in [4.78, 5) is 13.6. The molecule has 212 valence electrons. The number of carbonyl (C=O) groups is 1. The summed E-state index contributed by atoms with van der Waals surface area (Å²) in [5.41, 5.74) is 0.916. The van der Waals surface area contributed by atoms with Gasteiger partial charge in [-0.15, -0.1) is 0 Å². The van der Waals surface area contributed by atoms with Crippen LogP contribution in [0.1, 0.15) is 25.3 Å². The van der Waals surface area contributed by atoms with Crippen LogP contribution >= 0.6 is 35.1 Å². The van der Waals surface area contributed by atoms with Crippen LogP contribution < -0.4 is 10.1 Å². The Bertz CT molecular complexity index is 1400. The molecule has 1 aliphatic heterocycles. The van der Waals surface area contributed by atoms with Gasteiger partial charge in [-0.25, -0.2) is 8.70 Å². The van der Waals surface area contributed by atoms with Crippen molar-refractivity contribution in [2.24, 2.45) is 0 Å². The van der Waals surface area contributed by atoms with Crippen molar-refractivity contribution >= 4 is 51.9 Å². The smallest absolute Gasteiger partial charge is 0.258 e. The topological polar surface area (TPSA) is 58.6 Å². The second kappa shape index (κ2) is 14.0. The number of halogens is 3. The van der Waals surface area contributed by atoms with E-state index in [9.17, 15) is 9.00 Å². The van der Waals surface area contributed by atoms with Gasteiger partial charge in [0, 0.05) is 69.4 Å². The summed E-state index contributed by atoms with van der Waals surface area (Å²) in [5, 5.41) is 5.44. The average molecular weight is 622 g/mol. The van der Waals surface area contributed by atoms with Gasteiger partial charge in [-0.3, -0.25) is 9.00 Å². The predicted molar refractivity (Wildman–Crippen MR) is 164 cm³/mol. The van der Waals surface area contributed by atoms with Gasteiger partial charge in [0.05, 0.1) is 0 Å². The van der Waals surface area contributed by atoms with Gasteiger partial charge in [-0.2, -0.15) is 0 Å². The van der Waals surface area contributed by atoms with Crippen molar-refractivity contribution in [2.45, 2.75) is 43.0 Å². The number of nitrogens with one attached hydrogen (secondary N) is 1. The molecule has 0 radical (unpaired) electrons. The lowest BCUT2D eigenvalue weighted by atomic mass is 9.93. The van der Waals surface area contributed by atoms with Gasteiger partial charge in [0.15, 0.2) is 5.67 Å². The minimum Gasteiger partial charge on any atom is -0.489 e. The van der Waals surface area contributed by atoms with Gasteiger partial charge in [0.25, 0.3) is 5.91 Å². The summed E-state index contributed by atoms with van der Waals surface area (Å²) in [6.07, 6.45) is 3.31. The van der Waals surface area contributed by atoms with E-state index in [1.807, 2.05) is 66.7 Å². The number of hydrogen-bond acceptors (Lipinski definition) is 5. The number of hydrogen-bond donors (Lipinski definition) is 1. The fourth-order valence-electron chi connectivity index (χ4n) is 4.27. The summed E-state index contributed by atoms with van der Waals surface area (Å²) in [6.45, 7) is 2.93. The molecule has 0 bridgehead atoms. The molecule has 1 fully saturated rings. The van der Waals surface area contributed by atoms with E-state index in [4.69, 9.17) is 27.9 Å². The summed E-state index contributed by atoms with van der Waals surface area (Å²) >= 11 is 14.0. The van der Waals surface area contributed by atoms with Crippen LogP contribution in [0, 0.1) is 0 Å². The molecule has 0 aliphatic carbocycles. The molecule has 40 heavy (non-hydrogen) atoms. The van der Waals surface area contributed by atoms with Gasteiger partial charge in [0.1, 0.15) is 12.4 Å². The highest BCUT2D eigenvalue weighted by Crippen LogP contribution is 2.39. The number of carbonyl (C=O) groups excluding carboxylic acids is 1. The molecule has 1 heterocycles. The summed E-state index contributed by atoms with van der Waals surface area (Å²) in [5.74, 6) is 0.0896. The van der Waals surface area contributed by atoms with Crippen molar-refractivity contribution in [1.29, 1.82) is 0 Å². The van der Waals surface area contributed by atoms with Gasteiger partial charge < -0.3 is 10.1 Å². The molecule has 1 aliphatic rings. The first kappa shape index (κ1) is 30.6. The fourth-order valence-corrected chi connectivity index (χ4v) is 6.15. The molecule has 1 N–H and O–H groups in total. The number of alkyl halides is 1. The highest BCUT2D eigenvalue weighted by molar-refractivity contribution is 7.97. The second-order valence-electron chi connectivity index (χ2n) is 9.66. The van der Waals surface area contributed by atoms with E-state index in [-0.39, 0.29) is 12.8 Å². The Morgan fingerprint density at radius 2 is 1.85 bits per heavy atom. The summed E-state index contributed by atoms with van der Waals surface area (Å²) in [7, 11) is -1.12. The number of nitrogens with zero attached hydrogens (tertiary/aromatic N) is 1. The number of amides is 1. The van der Waals surface area contributed by atoms with Crippen molar-refractivity contribution < 1.29 is 18.1 Å². The molecule has 4 rings (SSSR count). The van der Waals surface area contributed by atoms with Gasteiger partial charge in [-0.1, -0.05) is 53.5 Å². The molecule has 5 nitrogen and oxygen atoms in total. The van der Waals surface area contributed by atoms with Crippen LogP contribution in [0.4, 0.5) is 4.39 Å². The molecular weight excluding hydrogens is 590 g/mol. The van der Waals surface area contributed by atoms with Crippen molar-refractivity contribution in [1.82, 2.24) is 9.62 Å². The highest BCUT2D eigenvalue weighted by atomic mass is 35.5. The van der Waals surface area contributed by atoms with Crippen LogP contribution in [-0.2, 0) is 22.2 Å². The number of rotatable bonds is 10.